The van der Waals surface area contributed by atoms with Gasteiger partial charge < -0.3 is 9.31 Å². The van der Waals surface area contributed by atoms with Gasteiger partial charge in [0.15, 0.2) is 0 Å². The van der Waals surface area contributed by atoms with Gasteiger partial charge in [-0.15, -0.1) is 0 Å². The molecule has 0 aromatic heterocycles. The molecule has 0 bridgehead atoms. The molecular formula is C24H33BO2. The van der Waals surface area contributed by atoms with Crippen molar-refractivity contribution in [1.82, 2.24) is 0 Å². The van der Waals surface area contributed by atoms with Crippen LogP contribution in [0.2, 0.25) is 5.82 Å². The Kier molecular flexibility index (Phi) is 5.56. The molecule has 27 heavy (non-hydrogen) atoms. The molecular weight excluding hydrogens is 331 g/mol. The molecule has 3 heteroatoms. The average Bonchev–Trinajstić information content (AvgIpc) is 2.81. The Labute approximate surface area is 165 Å². The van der Waals surface area contributed by atoms with Crippen LogP contribution in [0.15, 0.2) is 54.6 Å². The van der Waals surface area contributed by atoms with Crippen LogP contribution < -0.4 is 0 Å². The van der Waals surface area contributed by atoms with Crippen LogP contribution in [0.1, 0.15) is 64.2 Å². The molecule has 0 radical (unpaired) electrons. The van der Waals surface area contributed by atoms with E-state index in [9.17, 15) is 0 Å². The minimum Gasteiger partial charge on any atom is -0.403 e. The lowest BCUT2D eigenvalue weighted by molar-refractivity contribution is 0.00578. The first-order valence-electron chi connectivity index (χ1n) is 10.1. The van der Waals surface area contributed by atoms with Gasteiger partial charge in [0.05, 0.1) is 11.2 Å². The molecule has 1 heterocycles. The molecule has 2 atom stereocenters. The fourth-order valence-electron chi connectivity index (χ4n) is 3.97. The summed E-state index contributed by atoms with van der Waals surface area (Å²) in [6.45, 7) is 15.2. The molecule has 2 aromatic carbocycles. The summed E-state index contributed by atoms with van der Waals surface area (Å²) >= 11 is 0. The molecule has 3 rings (SSSR count). The maximum atomic E-state index is 6.51. The van der Waals surface area contributed by atoms with Gasteiger partial charge in [-0.1, -0.05) is 74.0 Å². The van der Waals surface area contributed by atoms with Crippen LogP contribution in [-0.4, -0.2) is 18.3 Å². The van der Waals surface area contributed by atoms with E-state index in [0.717, 1.165) is 0 Å². The standard InChI is InChI=1S/C24H33BO2/c1-17(2)22(25-26-23(4,5)24(6,7)27-25)21(19-11-9-8-10-12-19)20-15-13-18(3)14-16-20/h8-17,21-22H,1-7H3/t21-,22+/m0/s1. The zero-order chi connectivity index (χ0) is 19.8. The maximum absolute atomic E-state index is 6.51. The Balaban J connectivity index is 2.07. The molecule has 1 saturated heterocycles. The maximum Gasteiger partial charge on any atom is 0.462 e. The van der Waals surface area contributed by atoms with E-state index in [-0.39, 0.29) is 30.1 Å². The largest absolute Gasteiger partial charge is 0.462 e. The summed E-state index contributed by atoms with van der Waals surface area (Å²) < 4.78 is 13.0. The van der Waals surface area contributed by atoms with Crippen LogP contribution in [0, 0.1) is 12.8 Å². The molecule has 2 nitrogen and oxygen atoms in total. The van der Waals surface area contributed by atoms with Crippen molar-refractivity contribution in [3.8, 4) is 0 Å². The van der Waals surface area contributed by atoms with E-state index in [1.807, 2.05) is 0 Å². The van der Waals surface area contributed by atoms with Crippen molar-refractivity contribution in [2.75, 3.05) is 0 Å². The van der Waals surface area contributed by atoms with E-state index in [0.29, 0.717) is 5.92 Å². The molecule has 1 aliphatic rings. The van der Waals surface area contributed by atoms with Crippen LogP contribution >= 0.6 is 0 Å². The zero-order valence-electron chi connectivity index (χ0n) is 17.8. The van der Waals surface area contributed by atoms with Crippen LogP contribution in [0.5, 0.6) is 0 Å². The Morgan fingerprint density at radius 1 is 0.741 bits per heavy atom. The molecule has 0 unspecified atom stereocenters. The molecule has 0 amide bonds. The van der Waals surface area contributed by atoms with E-state index in [1.165, 1.54) is 16.7 Å². The first kappa shape index (κ1) is 20.2. The monoisotopic (exact) mass is 364 g/mol. The fourth-order valence-corrected chi connectivity index (χ4v) is 3.97. The molecule has 0 saturated carbocycles. The third kappa shape index (κ3) is 4.00. The molecule has 0 spiro atoms. The normalized spacial score (nSPS) is 20.7. The Bertz CT molecular complexity index is 734. The quantitative estimate of drug-likeness (QED) is 0.584. The molecule has 1 fully saturated rings. The van der Waals surface area contributed by atoms with E-state index in [2.05, 4.69) is 103 Å². The van der Waals surface area contributed by atoms with Gasteiger partial charge in [-0.05, 0) is 51.7 Å². The SMILES string of the molecule is Cc1ccc([C@H](c2ccccc2)[C@H](B2OC(C)(C)C(C)(C)O2)C(C)C)cc1. The van der Waals surface area contributed by atoms with Crippen molar-refractivity contribution in [1.29, 1.82) is 0 Å². The number of hydrogen-bond donors (Lipinski definition) is 0. The summed E-state index contributed by atoms with van der Waals surface area (Å²) in [5.74, 6) is 0.851. The minimum atomic E-state index is -0.320. The fraction of sp³-hybridized carbons (Fsp3) is 0.500. The second-order valence-corrected chi connectivity index (χ2v) is 9.25. The molecule has 0 N–H and O–H groups in total. The highest BCUT2D eigenvalue weighted by molar-refractivity contribution is 6.48. The van der Waals surface area contributed by atoms with Gasteiger partial charge in [0.25, 0.3) is 0 Å². The highest BCUT2D eigenvalue weighted by Crippen LogP contribution is 2.49. The summed E-state index contributed by atoms with van der Waals surface area (Å²) in [4.78, 5) is 0. The topological polar surface area (TPSA) is 18.5 Å². The van der Waals surface area contributed by atoms with Crippen LogP contribution in [0.3, 0.4) is 0 Å². The zero-order valence-corrected chi connectivity index (χ0v) is 17.8. The lowest BCUT2D eigenvalue weighted by atomic mass is 9.56. The van der Waals surface area contributed by atoms with Crippen LogP contribution in [0.25, 0.3) is 0 Å². The van der Waals surface area contributed by atoms with Crippen molar-refractivity contribution in [3.05, 3.63) is 71.3 Å². The molecule has 2 aromatic rings. The summed E-state index contributed by atoms with van der Waals surface area (Å²) in [7, 11) is -0.235. The molecule has 144 valence electrons. The van der Waals surface area contributed by atoms with Gasteiger partial charge in [0.1, 0.15) is 0 Å². The van der Waals surface area contributed by atoms with E-state index in [1.54, 1.807) is 0 Å². The van der Waals surface area contributed by atoms with Gasteiger partial charge >= 0.3 is 7.12 Å². The molecule has 0 aliphatic carbocycles. The van der Waals surface area contributed by atoms with Crippen molar-refractivity contribution >= 4 is 7.12 Å². The van der Waals surface area contributed by atoms with Gasteiger partial charge in [-0.25, -0.2) is 0 Å². The van der Waals surface area contributed by atoms with Crippen LogP contribution in [-0.2, 0) is 9.31 Å². The van der Waals surface area contributed by atoms with E-state index >= 15 is 0 Å². The van der Waals surface area contributed by atoms with Gasteiger partial charge in [0.2, 0.25) is 0 Å². The van der Waals surface area contributed by atoms with Crippen molar-refractivity contribution in [2.45, 2.75) is 71.4 Å². The Morgan fingerprint density at radius 2 is 1.22 bits per heavy atom. The second-order valence-electron chi connectivity index (χ2n) is 9.25. The summed E-state index contributed by atoms with van der Waals surface area (Å²) in [5, 5.41) is 0. The Morgan fingerprint density at radius 3 is 1.70 bits per heavy atom. The number of aryl methyl sites for hydroxylation is 1. The van der Waals surface area contributed by atoms with Crippen molar-refractivity contribution in [3.63, 3.8) is 0 Å². The lowest BCUT2D eigenvalue weighted by Crippen LogP contribution is -2.41. The van der Waals surface area contributed by atoms with Crippen LogP contribution in [0.4, 0.5) is 0 Å². The van der Waals surface area contributed by atoms with Crippen molar-refractivity contribution < 1.29 is 9.31 Å². The smallest absolute Gasteiger partial charge is 0.403 e. The Hall–Kier alpha value is -1.58. The predicted octanol–water partition coefficient (Wildman–Crippen LogP) is 6.25. The van der Waals surface area contributed by atoms with E-state index in [4.69, 9.17) is 9.31 Å². The third-order valence-corrected chi connectivity index (χ3v) is 6.34. The first-order valence-corrected chi connectivity index (χ1v) is 10.1. The summed E-state index contributed by atoms with van der Waals surface area (Å²) in [6.07, 6.45) is 0. The number of rotatable bonds is 5. The van der Waals surface area contributed by atoms with Crippen molar-refractivity contribution in [2.24, 2.45) is 5.92 Å². The lowest BCUT2D eigenvalue weighted by Gasteiger charge is -2.33. The highest BCUT2D eigenvalue weighted by Gasteiger charge is 2.55. The third-order valence-electron chi connectivity index (χ3n) is 6.34. The molecule has 1 aliphatic heterocycles. The predicted molar refractivity (Wildman–Crippen MR) is 114 cm³/mol. The van der Waals surface area contributed by atoms with Gasteiger partial charge in [0, 0.05) is 11.7 Å². The first-order chi connectivity index (χ1) is 12.6. The minimum absolute atomic E-state index is 0.219. The highest BCUT2D eigenvalue weighted by atomic mass is 16.7. The summed E-state index contributed by atoms with van der Waals surface area (Å²) in [5.41, 5.74) is 3.27. The second kappa shape index (κ2) is 7.45. The number of hydrogen-bond acceptors (Lipinski definition) is 2. The van der Waals surface area contributed by atoms with Gasteiger partial charge in [-0.2, -0.15) is 0 Å². The number of benzene rings is 2. The van der Waals surface area contributed by atoms with Gasteiger partial charge in [-0.3, -0.25) is 0 Å². The summed E-state index contributed by atoms with van der Waals surface area (Å²) in [6, 6.07) is 19.7. The average molecular weight is 364 g/mol. The van der Waals surface area contributed by atoms with E-state index < -0.39 is 0 Å².